The number of carbonyl (C=O) groups is 2. The van der Waals surface area contributed by atoms with Crippen LogP contribution in [0.1, 0.15) is 36.5 Å². The summed E-state index contributed by atoms with van der Waals surface area (Å²) in [4.78, 5) is 31.8. The normalized spacial score (nSPS) is 13.4. The lowest BCUT2D eigenvalue weighted by atomic mass is 10.0. The summed E-state index contributed by atoms with van der Waals surface area (Å²) in [7, 11) is 1.82. The van der Waals surface area contributed by atoms with Gasteiger partial charge in [-0.15, -0.1) is 0 Å². The Labute approximate surface area is 153 Å². The van der Waals surface area contributed by atoms with Crippen LogP contribution in [0.15, 0.2) is 30.6 Å². The molecule has 7 heteroatoms. The quantitative estimate of drug-likeness (QED) is 0.821. The van der Waals surface area contributed by atoms with Gasteiger partial charge < -0.3 is 20.7 Å². The van der Waals surface area contributed by atoms with Crippen LogP contribution >= 0.6 is 0 Å². The van der Waals surface area contributed by atoms with Crippen LogP contribution in [-0.4, -0.2) is 47.2 Å². The number of nitrogens with zero attached hydrogens (tertiary/aromatic N) is 3. The molecule has 3 rings (SSSR count). The van der Waals surface area contributed by atoms with Gasteiger partial charge in [-0.1, -0.05) is 0 Å². The molecule has 0 aliphatic carbocycles. The van der Waals surface area contributed by atoms with Crippen molar-refractivity contribution >= 4 is 23.8 Å². The number of hydrogen-bond donors (Lipinski definition) is 2. The maximum absolute atomic E-state index is 12.7. The molecule has 1 aliphatic heterocycles. The van der Waals surface area contributed by atoms with Crippen molar-refractivity contribution in [2.45, 2.75) is 26.2 Å². The van der Waals surface area contributed by atoms with Crippen LogP contribution in [0.3, 0.4) is 0 Å². The lowest BCUT2D eigenvalue weighted by molar-refractivity contribution is -0.106. The molecule has 0 unspecified atom stereocenters. The molecule has 7 nitrogen and oxygen atoms in total. The number of anilines is 2. The Kier molecular flexibility index (Phi) is 7.08. The van der Waals surface area contributed by atoms with E-state index < -0.39 is 0 Å². The summed E-state index contributed by atoms with van der Waals surface area (Å²) in [6.07, 6.45) is 7.45. The topological polar surface area (TPSA) is 101 Å². The summed E-state index contributed by atoms with van der Waals surface area (Å²) >= 11 is 0. The van der Waals surface area contributed by atoms with E-state index in [1.54, 1.807) is 12.4 Å². The molecule has 138 valence electrons. The van der Waals surface area contributed by atoms with Gasteiger partial charge in [-0.25, -0.2) is 9.97 Å². The first kappa shape index (κ1) is 19.4. The van der Waals surface area contributed by atoms with Gasteiger partial charge in [-0.2, -0.15) is 0 Å². The third-order valence-corrected chi connectivity index (χ3v) is 4.14. The third kappa shape index (κ3) is 4.78. The van der Waals surface area contributed by atoms with Gasteiger partial charge in [-0.3, -0.25) is 4.79 Å². The van der Waals surface area contributed by atoms with Crippen molar-refractivity contribution < 1.29 is 9.59 Å². The maximum atomic E-state index is 12.7. The average molecular weight is 355 g/mol. The highest BCUT2D eigenvalue weighted by Gasteiger charge is 2.21. The second-order valence-electron chi connectivity index (χ2n) is 5.93. The zero-order chi connectivity index (χ0) is 18.9. The summed E-state index contributed by atoms with van der Waals surface area (Å²) in [6, 6.07) is 5.64. The highest BCUT2D eigenvalue weighted by atomic mass is 16.2. The van der Waals surface area contributed by atoms with E-state index in [1.807, 2.05) is 30.1 Å². The van der Waals surface area contributed by atoms with E-state index in [0.717, 1.165) is 49.2 Å². The molecular formula is C19H25N5O2. The van der Waals surface area contributed by atoms with Crippen LogP contribution in [0.4, 0.5) is 11.6 Å². The fourth-order valence-electron chi connectivity index (χ4n) is 2.82. The van der Waals surface area contributed by atoms with Gasteiger partial charge in [0.15, 0.2) is 0 Å². The van der Waals surface area contributed by atoms with Gasteiger partial charge in [0.2, 0.25) is 0 Å². The van der Waals surface area contributed by atoms with E-state index in [-0.39, 0.29) is 11.7 Å². The smallest absolute Gasteiger partial charge is 0.257 e. The molecule has 0 atom stereocenters. The summed E-state index contributed by atoms with van der Waals surface area (Å²) in [6.45, 7) is 3.03. The monoisotopic (exact) mass is 355 g/mol. The molecule has 0 radical (unpaired) electrons. The lowest BCUT2D eigenvalue weighted by Crippen LogP contribution is -2.36. The van der Waals surface area contributed by atoms with Crippen LogP contribution in [-0.2, 0) is 4.79 Å². The predicted molar refractivity (Wildman–Crippen MR) is 103 cm³/mol. The number of aromatic nitrogens is 2. The van der Waals surface area contributed by atoms with Crippen molar-refractivity contribution in [2.75, 3.05) is 31.2 Å². The molecule has 0 bridgehead atoms. The van der Waals surface area contributed by atoms with E-state index >= 15 is 0 Å². The molecule has 1 amide bonds. The fourth-order valence-corrected chi connectivity index (χ4v) is 2.82. The highest BCUT2D eigenvalue weighted by molar-refractivity contribution is 5.99. The number of hydrogen-bond acceptors (Lipinski definition) is 6. The minimum absolute atomic E-state index is 0.0283. The number of rotatable bonds is 3. The molecule has 26 heavy (non-hydrogen) atoms. The number of carbonyl (C=O) groups excluding carboxylic acids is 2. The zero-order valence-electron chi connectivity index (χ0n) is 15.2. The van der Waals surface area contributed by atoms with Crippen LogP contribution in [0.25, 0.3) is 11.1 Å². The number of amides is 1. The zero-order valence-corrected chi connectivity index (χ0v) is 15.2. The number of nitrogens with two attached hydrogens (primary N) is 1. The fraction of sp³-hybridized carbons (Fsp3) is 0.368. The molecule has 1 aliphatic rings. The maximum Gasteiger partial charge on any atom is 0.257 e. The molecule has 3 heterocycles. The van der Waals surface area contributed by atoms with Crippen molar-refractivity contribution in [2.24, 2.45) is 0 Å². The lowest BCUT2D eigenvalue weighted by Gasteiger charge is -2.27. The SMILES string of the molecule is CC=O.CNc1cc(-c2cnc(N)c(C(=O)N3CCCCC3)c2)ccn1. The van der Waals surface area contributed by atoms with Gasteiger partial charge in [0, 0.05) is 38.1 Å². The van der Waals surface area contributed by atoms with Gasteiger partial charge in [0.1, 0.15) is 17.9 Å². The van der Waals surface area contributed by atoms with Crippen LogP contribution in [0.5, 0.6) is 0 Å². The Morgan fingerprint density at radius 3 is 2.54 bits per heavy atom. The summed E-state index contributed by atoms with van der Waals surface area (Å²) < 4.78 is 0. The molecule has 0 aromatic carbocycles. The second-order valence-corrected chi connectivity index (χ2v) is 5.93. The average Bonchev–Trinajstić information content (AvgIpc) is 2.69. The first-order chi connectivity index (χ1) is 12.6. The molecular weight excluding hydrogens is 330 g/mol. The summed E-state index contributed by atoms with van der Waals surface area (Å²) in [5.41, 5.74) is 8.24. The number of likely N-dealkylation sites (tertiary alicyclic amines) is 1. The largest absolute Gasteiger partial charge is 0.383 e. The molecule has 0 saturated carbocycles. The molecule has 2 aromatic heterocycles. The Morgan fingerprint density at radius 2 is 1.88 bits per heavy atom. The first-order valence-electron chi connectivity index (χ1n) is 8.69. The van der Waals surface area contributed by atoms with Crippen LogP contribution < -0.4 is 11.1 Å². The Balaban J connectivity index is 0.000000758. The molecule has 0 spiro atoms. The van der Waals surface area contributed by atoms with Crippen LogP contribution in [0.2, 0.25) is 0 Å². The Hall–Kier alpha value is -2.96. The van der Waals surface area contributed by atoms with Gasteiger partial charge in [0.25, 0.3) is 5.91 Å². The van der Waals surface area contributed by atoms with Crippen molar-refractivity contribution in [3.05, 3.63) is 36.2 Å². The number of nitrogens with one attached hydrogen (secondary N) is 1. The molecule has 1 fully saturated rings. The highest BCUT2D eigenvalue weighted by Crippen LogP contribution is 2.25. The van der Waals surface area contributed by atoms with Crippen molar-refractivity contribution in [1.29, 1.82) is 0 Å². The summed E-state index contributed by atoms with van der Waals surface area (Å²) in [5.74, 6) is 1.02. The van der Waals surface area contributed by atoms with E-state index in [2.05, 4.69) is 15.3 Å². The number of pyridine rings is 2. The number of piperidine rings is 1. The van der Waals surface area contributed by atoms with E-state index in [0.29, 0.717) is 5.56 Å². The van der Waals surface area contributed by atoms with Crippen molar-refractivity contribution in [1.82, 2.24) is 14.9 Å². The molecule has 2 aromatic rings. The number of nitrogen functional groups attached to an aromatic ring is 1. The van der Waals surface area contributed by atoms with E-state index in [1.165, 1.54) is 13.3 Å². The van der Waals surface area contributed by atoms with E-state index in [4.69, 9.17) is 10.5 Å². The minimum atomic E-state index is -0.0283. The molecule has 1 saturated heterocycles. The van der Waals surface area contributed by atoms with Crippen LogP contribution in [0, 0.1) is 0 Å². The van der Waals surface area contributed by atoms with E-state index in [9.17, 15) is 4.79 Å². The first-order valence-corrected chi connectivity index (χ1v) is 8.69. The number of aldehydes is 1. The van der Waals surface area contributed by atoms with Crippen molar-refractivity contribution in [3.8, 4) is 11.1 Å². The Bertz CT molecular complexity index is 757. The van der Waals surface area contributed by atoms with Crippen molar-refractivity contribution in [3.63, 3.8) is 0 Å². The predicted octanol–water partition coefficient (Wildman–Crippen LogP) is 2.60. The summed E-state index contributed by atoms with van der Waals surface area (Å²) in [5, 5.41) is 3.01. The van der Waals surface area contributed by atoms with Gasteiger partial charge >= 0.3 is 0 Å². The minimum Gasteiger partial charge on any atom is -0.383 e. The van der Waals surface area contributed by atoms with Gasteiger partial charge in [-0.05, 0) is 49.9 Å². The second kappa shape index (κ2) is 9.50. The standard InChI is InChI=1S/C17H21N5O.C2H4O/c1-19-15-10-12(5-6-20-15)13-9-14(16(18)21-11-13)17(23)22-7-3-2-4-8-22;1-2-3/h5-6,9-11H,2-4,7-8H2,1H3,(H2,18,21)(H,19,20);2H,1H3. The van der Waals surface area contributed by atoms with Gasteiger partial charge in [0.05, 0.1) is 5.56 Å². The third-order valence-electron chi connectivity index (χ3n) is 4.14. The Morgan fingerprint density at radius 1 is 1.19 bits per heavy atom. The molecule has 3 N–H and O–H groups in total.